The predicted molar refractivity (Wildman–Crippen MR) is 98.5 cm³/mol. The van der Waals surface area contributed by atoms with Gasteiger partial charge >= 0.3 is 5.69 Å². The van der Waals surface area contributed by atoms with Crippen LogP contribution in [0.25, 0.3) is 0 Å². The number of nitrogens with two attached hydrogens (primary N) is 1. The van der Waals surface area contributed by atoms with Crippen LogP contribution in [0.15, 0.2) is 23.1 Å². The molecular weight excluding hydrogens is 403 g/mol. The third kappa shape index (κ3) is 5.34. The lowest BCUT2D eigenvalue weighted by Crippen LogP contribution is -2.49. The average Bonchev–Trinajstić information content (AvgIpc) is 2.60. The Hall–Kier alpha value is -1.82. The molecule has 0 radical (unpaired) electrons. The number of nitrogens with one attached hydrogen (secondary N) is 1. The number of hydrogen-bond acceptors (Lipinski definition) is 6. The summed E-state index contributed by atoms with van der Waals surface area (Å²) < 4.78 is 40.9. The van der Waals surface area contributed by atoms with E-state index in [1.807, 2.05) is 0 Å². The van der Waals surface area contributed by atoms with E-state index in [0.29, 0.717) is 12.8 Å². The van der Waals surface area contributed by atoms with Gasteiger partial charge in [-0.2, -0.15) is 8.70 Å². The lowest BCUT2D eigenvalue weighted by atomic mass is 10.1. The number of sulfonamides is 1. The summed E-state index contributed by atoms with van der Waals surface area (Å²) in [6.07, 6.45) is 1.95. The summed E-state index contributed by atoms with van der Waals surface area (Å²) in [5.41, 5.74) is 4.24. The minimum atomic E-state index is -4.29. The number of hydrogen-bond donors (Lipinski definition) is 2. The number of rotatable bonds is 7. The molecule has 1 saturated heterocycles. The van der Waals surface area contributed by atoms with Gasteiger partial charge in [0.2, 0.25) is 21.7 Å². The second-order valence-corrected chi connectivity index (χ2v) is 7.81. The maximum atomic E-state index is 13.8. The maximum absolute atomic E-state index is 13.8. The van der Waals surface area contributed by atoms with Crippen LogP contribution >= 0.6 is 12.4 Å². The Morgan fingerprint density at radius 1 is 1.41 bits per heavy atom. The Labute approximate surface area is 162 Å². The topological polar surface area (TPSA) is 136 Å². The Kier molecular flexibility index (Phi) is 8.54. The van der Waals surface area contributed by atoms with Crippen molar-refractivity contribution in [2.75, 3.05) is 19.6 Å². The first-order valence-electron chi connectivity index (χ1n) is 8.20. The molecule has 0 saturated carbocycles. The van der Waals surface area contributed by atoms with Crippen molar-refractivity contribution in [3.8, 4) is 0 Å². The highest BCUT2D eigenvalue weighted by molar-refractivity contribution is 7.89. The van der Waals surface area contributed by atoms with E-state index in [9.17, 15) is 27.7 Å². The van der Waals surface area contributed by atoms with Gasteiger partial charge < -0.3 is 11.1 Å². The van der Waals surface area contributed by atoms with Gasteiger partial charge in [0.1, 0.15) is 0 Å². The van der Waals surface area contributed by atoms with Crippen LogP contribution in [0.1, 0.15) is 25.7 Å². The molecule has 0 spiro atoms. The molecule has 1 fully saturated rings. The molecule has 1 heterocycles. The summed E-state index contributed by atoms with van der Waals surface area (Å²) >= 11 is 0. The van der Waals surface area contributed by atoms with Crippen molar-refractivity contribution in [1.82, 2.24) is 9.62 Å². The van der Waals surface area contributed by atoms with E-state index >= 15 is 0 Å². The van der Waals surface area contributed by atoms with E-state index in [1.54, 1.807) is 0 Å². The van der Waals surface area contributed by atoms with E-state index in [1.165, 1.54) is 0 Å². The minimum absolute atomic E-state index is 0. The maximum Gasteiger partial charge on any atom is 0.324 e. The summed E-state index contributed by atoms with van der Waals surface area (Å²) in [6.45, 7) is 0.391. The Morgan fingerprint density at radius 2 is 2.11 bits per heavy atom. The standard InChI is InChI=1S/C15H21FN4O5S.ClH/c16-12-5-3-6-13(15(12)20(22)23)26(24,25)19-9-2-1-4-11(19)10-18-14(21)7-8-17;/h3,5-6,11H,1-2,4,7-10,17H2,(H,18,21);1H. The van der Waals surface area contributed by atoms with Crippen molar-refractivity contribution in [3.63, 3.8) is 0 Å². The van der Waals surface area contributed by atoms with Gasteiger partial charge in [0, 0.05) is 32.1 Å². The highest BCUT2D eigenvalue weighted by Gasteiger charge is 2.38. The summed E-state index contributed by atoms with van der Waals surface area (Å²) in [4.78, 5) is 21.0. The van der Waals surface area contributed by atoms with Gasteiger partial charge in [0.15, 0.2) is 4.90 Å². The molecule has 1 aliphatic rings. The Bertz CT molecular complexity index is 792. The lowest BCUT2D eigenvalue weighted by Gasteiger charge is -2.34. The smallest absolute Gasteiger partial charge is 0.324 e. The molecule has 0 aromatic heterocycles. The van der Waals surface area contributed by atoms with E-state index in [4.69, 9.17) is 5.73 Å². The molecule has 27 heavy (non-hydrogen) atoms. The van der Waals surface area contributed by atoms with Gasteiger partial charge in [-0.3, -0.25) is 14.9 Å². The van der Waals surface area contributed by atoms with Crippen molar-refractivity contribution >= 4 is 34.0 Å². The molecule has 1 atom stereocenters. The van der Waals surface area contributed by atoms with Crippen LogP contribution < -0.4 is 11.1 Å². The van der Waals surface area contributed by atoms with Crippen LogP contribution in [0.4, 0.5) is 10.1 Å². The third-order valence-electron chi connectivity index (χ3n) is 4.20. The molecule has 1 aliphatic heterocycles. The number of carbonyl (C=O) groups is 1. The predicted octanol–water partition coefficient (Wildman–Crippen LogP) is 1.16. The van der Waals surface area contributed by atoms with Gasteiger partial charge in [-0.05, 0) is 25.0 Å². The van der Waals surface area contributed by atoms with E-state index in [2.05, 4.69) is 5.32 Å². The largest absolute Gasteiger partial charge is 0.354 e. The summed E-state index contributed by atoms with van der Waals surface area (Å²) in [6, 6.07) is 2.43. The number of amides is 1. The second-order valence-electron chi connectivity index (χ2n) is 5.95. The van der Waals surface area contributed by atoms with Crippen LogP contribution in [-0.4, -0.2) is 49.2 Å². The molecule has 152 valence electrons. The average molecular weight is 425 g/mol. The summed E-state index contributed by atoms with van der Waals surface area (Å²) in [7, 11) is -4.29. The Balaban J connectivity index is 0.00000364. The molecule has 9 nitrogen and oxygen atoms in total. The molecule has 1 aromatic carbocycles. The fourth-order valence-corrected chi connectivity index (χ4v) is 4.81. The molecule has 1 aromatic rings. The number of benzene rings is 1. The van der Waals surface area contributed by atoms with Crippen LogP contribution in [0.3, 0.4) is 0 Å². The first-order valence-corrected chi connectivity index (χ1v) is 9.64. The third-order valence-corrected chi connectivity index (χ3v) is 6.18. The zero-order valence-electron chi connectivity index (χ0n) is 14.5. The van der Waals surface area contributed by atoms with Crippen LogP contribution in [0.5, 0.6) is 0 Å². The number of nitrogens with zero attached hydrogens (tertiary/aromatic N) is 2. The highest BCUT2D eigenvalue weighted by atomic mass is 35.5. The molecule has 0 aliphatic carbocycles. The highest BCUT2D eigenvalue weighted by Crippen LogP contribution is 2.32. The SMILES string of the molecule is Cl.NCCC(=O)NCC1CCCCN1S(=O)(=O)c1cccc(F)c1[N+](=O)[O-]. The molecule has 12 heteroatoms. The van der Waals surface area contributed by atoms with Crippen molar-refractivity contribution in [2.24, 2.45) is 5.73 Å². The van der Waals surface area contributed by atoms with Gasteiger partial charge in [0.05, 0.1) is 4.92 Å². The van der Waals surface area contributed by atoms with E-state index in [-0.39, 0.29) is 44.4 Å². The van der Waals surface area contributed by atoms with Gasteiger partial charge in [-0.1, -0.05) is 12.5 Å². The fourth-order valence-electron chi connectivity index (χ4n) is 2.95. The number of para-hydroxylation sites is 1. The number of carbonyl (C=O) groups excluding carboxylic acids is 1. The second kappa shape index (κ2) is 9.93. The quantitative estimate of drug-likeness (QED) is 0.498. The van der Waals surface area contributed by atoms with Gasteiger partial charge in [-0.15, -0.1) is 12.4 Å². The van der Waals surface area contributed by atoms with Gasteiger partial charge in [-0.25, -0.2) is 8.42 Å². The normalized spacial score (nSPS) is 17.8. The molecule has 1 amide bonds. The van der Waals surface area contributed by atoms with Crippen LogP contribution in [-0.2, 0) is 14.8 Å². The van der Waals surface area contributed by atoms with Crippen molar-refractivity contribution < 1.29 is 22.5 Å². The molecule has 3 N–H and O–H groups in total. The Morgan fingerprint density at radius 3 is 2.74 bits per heavy atom. The van der Waals surface area contributed by atoms with Crippen LogP contribution in [0, 0.1) is 15.9 Å². The van der Waals surface area contributed by atoms with Crippen molar-refractivity contribution in [2.45, 2.75) is 36.6 Å². The first kappa shape index (κ1) is 23.2. The van der Waals surface area contributed by atoms with Crippen LogP contribution in [0.2, 0.25) is 0 Å². The molecule has 2 rings (SSSR count). The van der Waals surface area contributed by atoms with E-state index in [0.717, 1.165) is 28.9 Å². The molecule has 0 bridgehead atoms. The number of nitro benzene ring substituents is 1. The summed E-state index contributed by atoms with van der Waals surface area (Å²) in [5.74, 6) is -1.51. The summed E-state index contributed by atoms with van der Waals surface area (Å²) in [5, 5.41) is 13.8. The van der Waals surface area contributed by atoms with Gasteiger partial charge in [0.25, 0.3) is 0 Å². The first-order chi connectivity index (χ1) is 12.3. The number of halogens is 2. The van der Waals surface area contributed by atoms with E-state index < -0.39 is 37.4 Å². The fraction of sp³-hybridized carbons (Fsp3) is 0.533. The zero-order valence-corrected chi connectivity index (χ0v) is 16.1. The zero-order chi connectivity index (χ0) is 19.3. The number of nitro groups is 1. The monoisotopic (exact) mass is 424 g/mol. The minimum Gasteiger partial charge on any atom is -0.354 e. The van der Waals surface area contributed by atoms with Crippen molar-refractivity contribution in [3.05, 3.63) is 34.1 Å². The number of piperidine rings is 1. The molecule has 1 unspecified atom stereocenters. The van der Waals surface area contributed by atoms with Crippen molar-refractivity contribution in [1.29, 1.82) is 0 Å². The lowest BCUT2D eigenvalue weighted by molar-refractivity contribution is -0.390. The molecular formula is C15H22ClFN4O5S.